The summed E-state index contributed by atoms with van der Waals surface area (Å²) in [6, 6.07) is 9.82. The molecule has 1 atom stereocenters. The first-order valence-electron chi connectivity index (χ1n) is 6.27. The van der Waals surface area contributed by atoms with Crippen LogP contribution in [-0.4, -0.2) is 18.0 Å². The Bertz CT molecular complexity index is 345. The van der Waals surface area contributed by atoms with Crippen LogP contribution in [0.2, 0.25) is 0 Å². The van der Waals surface area contributed by atoms with E-state index in [1.807, 2.05) is 0 Å². The third-order valence-corrected chi connectivity index (χ3v) is 3.92. The van der Waals surface area contributed by atoms with Gasteiger partial charge in [0.1, 0.15) is 0 Å². The highest BCUT2D eigenvalue weighted by Gasteiger charge is 2.27. The minimum Gasteiger partial charge on any atom is -0.296 e. The number of benzene rings is 1. The molecule has 0 aromatic heterocycles. The highest BCUT2D eigenvalue weighted by atomic mass is 15.2. The second-order valence-corrected chi connectivity index (χ2v) is 4.85. The Balaban J connectivity index is 2.00. The number of fused-ring (bicyclic) bond motifs is 3. The largest absolute Gasteiger partial charge is 0.296 e. The van der Waals surface area contributed by atoms with Crippen molar-refractivity contribution in [2.24, 2.45) is 0 Å². The first-order chi connectivity index (χ1) is 7.45. The Morgan fingerprint density at radius 1 is 1.00 bits per heavy atom. The van der Waals surface area contributed by atoms with Crippen molar-refractivity contribution in [1.82, 2.24) is 4.90 Å². The van der Waals surface area contributed by atoms with E-state index in [1.54, 1.807) is 11.1 Å². The lowest BCUT2D eigenvalue weighted by molar-refractivity contribution is 0.245. The molecule has 0 spiro atoms. The Hall–Kier alpha value is -0.820. The van der Waals surface area contributed by atoms with Crippen LogP contribution < -0.4 is 0 Å². The Labute approximate surface area is 92.1 Å². The van der Waals surface area contributed by atoms with E-state index in [-0.39, 0.29) is 0 Å². The number of aryl methyl sites for hydroxylation is 1. The van der Waals surface area contributed by atoms with Crippen LogP contribution in [0.3, 0.4) is 0 Å². The molecular formula is C14H19N. The molecule has 80 valence electrons. The van der Waals surface area contributed by atoms with Gasteiger partial charge < -0.3 is 0 Å². The van der Waals surface area contributed by atoms with E-state index in [9.17, 15) is 0 Å². The molecular weight excluding hydrogens is 182 g/mol. The zero-order chi connectivity index (χ0) is 10.1. The summed E-state index contributed by atoms with van der Waals surface area (Å²) in [5.41, 5.74) is 3.23. The minimum atomic E-state index is 0.737. The minimum absolute atomic E-state index is 0.737. The molecule has 1 nitrogen and oxygen atoms in total. The van der Waals surface area contributed by atoms with E-state index in [4.69, 9.17) is 0 Å². The first-order valence-corrected chi connectivity index (χ1v) is 6.27. The zero-order valence-corrected chi connectivity index (χ0v) is 9.28. The Kier molecular flexibility index (Phi) is 2.49. The predicted octanol–water partition coefficient (Wildman–Crippen LogP) is 3.16. The van der Waals surface area contributed by atoms with Crippen LogP contribution >= 0.6 is 0 Å². The van der Waals surface area contributed by atoms with Crippen LogP contribution in [0.1, 0.15) is 42.9 Å². The van der Waals surface area contributed by atoms with Crippen LogP contribution in [0.15, 0.2) is 24.3 Å². The van der Waals surface area contributed by atoms with Crippen molar-refractivity contribution >= 4 is 0 Å². The molecule has 1 heteroatoms. The third kappa shape index (κ3) is 1.69. The molecule has 15 heavy (non-hydrogen) atoms. The second kappa shape index (κ2) is 3.97. The van der Waals surface area contributed by atoms with Gasteiger partial charge in [0.2, 0.25) is 0 Å². The van der Waals surface area contributed by atoms with E-state index in [2.05, 4.69) is 29.2 Å². The average Bonchev–Trinajstić information content (AvgIpc) is 2.69. The van der Waals surface area contributed by atoms with Crippen molar-refractivity contribution < 1.29 is 0 Å². The van der Waals surface area contributed by atoms with E-state index in [0.29, 0.717) is 0 Å². The molecule has 0 bridgehead atoms. The van der Waals surface area contributed by atoms with E-state index < -0.39 is 0 Å². The van der Waals surface area contributed by atoms with Crippen molar-refractivity contribution in [2.75, 3.05) is 13.1 Å². The fraction of sp³-hybridized carbons (Fsp3) is 0.571. The van der Waals surface area contributed by atoms with E-state index in [0.717, 1.165) is 6.04 Å². The summed E-state index contributed by atoms with van der Waals surface area (Å²) < 4.78 is 0. The lowest BCUT2D eigenvalue weighted by Gasteiger charge is -2.28. The zero-order valence-electron chi connectivity index (χ0n) is 9.28. The average molecular weight is 201 g/mol. The summed E-state index contributed by atoms with van der Waals surface area (Å²) in [6.07, 6.45) is 6.79. The maximum Gasteiger partial charge on any atom is 0.0351 e. The van der Waals surface area contributed by atoms with Gasteiger partial charge in [-0.25, -0.2) is 0 Å². The molecule has 1 aromatic rings. The van der Waals surface area contributed by atoms with Gasteiger partial charge in [-0.2, -0.15) is 0 Å². The molecule has 0 radical (unpaired) electrons. The lowest BCUT2D eigenvalue weighted by atomic mass is 9.93. The highest BCUT2D eigenvalue weighted by Crippen LogP contribution is 2.35. The molecule has 2 aliphatic rings. The molecule has 1 fully saturated rings. The molecule has 1 aromatic carbocycles. The molecule has 2 heterocycles. The molecule has 3 rings (SSSR count). The smallest absolute Gasteiger partial charge is 0.0351 e. The lowest BCUT2D eigenvalue weighted by Crippen LogP contribution is -2.26. The van der Waals surface area contributed by atoms with Gasteiger partial charge in [0.15, 0.2) is 0 Å². The van der Waals surface area contributed by atoms with Crippen LogP contribution in [0.25, 0.3) is 0 Å². The van der Waals surface area contributed by atoms with Crippen molar-refractivity contribution in [3.8, 4) is 0 Å². The van der Waals surface area contributed by atoms with Gasteiger partial charge in [-0.3, -0.25) is 4.90 Å². The van der Waals surface area contributed by atoms with Crippen molar-refractivity contribution in [2.45, 2.75) is 38.1 Å². The van der Waals surface area contributed by atoms with Crippen molar-refractivity contribution in [3.63, 3.8) is 0 Å². The van der Waals surface area contributed by atoms with Gasteiger partial charge in [0.05, 0.1) is 0 Å². The molecule has 0 saturated carbocycles. The maximum absolute atomic E-state index is 2.69. The van der Waals surface area contributed by atoms with Crippen LogP contribution in [0, 0.1) is 0 Å². The molecule has 0 amide bonds. The van der Waals surface area contributed by atoms with Gasteiger partial charge in [0.25, 0.3) is 0 Å². The van der Waals surface area contributed by atoms with Crippen LogP contribution in [0.5, 0.6) is 0 Å². The van der Waals surface area contributed by atoms with Gasteiger partial charge >= 0.3 is 0 Å². The number of rotatable bonds is 0. The van der Waals surface area contributed by atoms with Crippen molar-refractivity contribution in [1.29, 1.82) is 0 Å². The summed E-state index contributed by atoms with van der Waals surface area (Å²) in [4.78, 5) is 2.69. The number of nitrogens with zero attached hydrogens (tertiary/aromatic N) is 1. The fourth-order valence-corrected chi connectivity index (χ4v) is 3.16. The monoisotopic (exact) mass is 201 g/mol. The normalized spacial score (nSPS) is 26.5. The molecule has 0 N–H and O–H groups in total. The topological polar surface area (TPSA) is 3.24 Å². The molecule has 0 aliphatic carbocycles. The molecule has 1 unspecified atom stereocenters. The first kappa shape index (κ1) is 9.41. The number of hydrogen-bond acceptors (Lipinski definition) is 1. The van der Waals surface area contributed by atoms with Gasteiger partial charge in [0, 0.05) is 6.04 Å². The second-order valence-electron chi connectivity index (χ2n) is 4.85. The quantitative estimate of drug-likeness (QED) is 0.623. The summed E-state index contributed by atoms with van der Waals surface area (Å²) in [5.74, 6) is 0. The van der Waals surface area contributed by atoms with Crippen molar-refractivity contribution in [3.05, 3.63) is 35.4 Å². The molecule has 2 aliphatic heterocycles. The fourth-order valence-electron chi connectivity index (χ4n) is 3.16. The standard InChI is InChI=1S/C14H19N/c1-2-8-13-12(6-1)7-3-4-10-15-11-5-9-14(13)15/h1-2,6,8,14H,3-5,7,9-11H2. The SMILES string of the molecule is c1ccc2c(c1)CCCCN1CCCC21. The third-order valence-electron chi connectivity index (χ3n) is 3.92. The van der Waals surface area contributed by atoms with Gasteiger partial charge in [-0.05, 0) is 56.3 Å². The highest BCUT2D eigenvalue weighted by molar-refractivity contribution is 5.31. The van der Waals surface area contributed by atoms with E-state index in [1.165, 1.54) is 45.2 Å². The van der Waals surface area contributed by atoms with Gasteiger partial charge in [-0.15, -0.1) is 0 Å². The van der Waals surface area contributed by atoms with Crippen LogP contribution in [0.4, 0.5) is 0 Å². The van der Waals surface area contributed by atoms with Gasteiger partial charge in [-0.1, -0.05) is 24.3 Å². The van der Waals surface area contributed by atoms with E-state index >= 15 is 0 Å². The Morgan fingerprint density at radius 3 is 2.87 bits per heavy atom. The summed E-state index contributed by atoms with van der Waals surface area (Å²) in [7, 11) is 0. The summed E-state index contributed by atoms with van der Waals surface area (Å²) in [6.45, 7) is 2.64. The Morgan fingerprint density at radius 2 is 1.87 bits per heavy atom. The maximum atomic E-state index is 2.69. The number of hydrogen-bond donors (Lipinski definition) is 0. The molecule has 1 saturated heterocycles. The summed E-state index contributed by atoms with van der Waals surface area (Å²) >= 11 is 0. The van der Waals surface area contributed by atoms with Crippen LogP contribution in [-0.2, 0) is 6.42 Å². The summed E-state index contributed by atoms with van der Waals surface area (Å²) in [5, 5.41) is 0. The predicted molar refractivity (Wildman–Crippen MR) is 62.9 cm³/mol.